The Labute approximate surface area is 207 Å². The number of hydrogen-bond donors (Lipinski definition) is 1. The summed E-state index contributed by atoms with van der Waals surface area (Å²) in [7, 11) is 0. The fourth-order valence-electron chi connectivity index (χ4n) is 5.34. The van der Waals surface area contributed by atoms with E-state index in [0.717, 1.165) is 21.5 Å². The quantitative estimate of drug-likeness (QED) is 0.262. The highest BCUT2D eigenvalue weighted by atomic mass is 14.7. The highest BCUT2D eigenvalue weighted by Gasteiger charge is 2.35. The van der Waals surface area contributed by atoms with Crippen molar-refractivity contribution in [1.29, 1.82) is 0 Å². The van der Waals surface area contributed by atoms with Crippen molar-refractivity contribution < 1.29 is 0 Å². The Hall–Kier alpha value is -4.10. The van der Waals surface area contributed by atoms with Crippen LogP contribution in [0.3, 0.4) is 0 Å². The second kappa shape index (κ2) is 8.60. The Morgan fingerprint density at radius 1 is 0.686 bits per heavy atom. The van der Waals surface area contributed by atoms with Crippen LogP contribution in [0.15, 0.2) is 97.6 Å². The minimum absolute atomic E-state index is 0.00487. The highest BCUT2D eigenvalue weighted by molar-refractivity contribution is 5.91. The molecule has 1 aromatic heterocycles. The number of nitrogens with one attached hydrogen (secondary N) is 1. The molecule has 6 rings (SSSR count). The molecule has 4 aromatic carbocycles. The van der Waals surface area contributed by atoms with Gasteiger partial charge in [0, 0.05) is 21.7 Å². The molecule has 0 unspecified atom stereocenters. The van der Waals surface area contributed by atoms with Gasteiger partial charge in [0.15, 0.2) is 0 Å². The van der Waals surface area contributed by atoms with Crippen molar-refractivity contribution in [2.24, 2.45) is 0 Å². The van der Waals surface area contributed by atoms with Crippen LogP contribution in [0.5, 0.6) is 0 Å². The largest absolute Gasteiger partial charge is 0.355 e. The van der Waals surface area contributed by atoms with Crippen molar-refractivity contribution in [2.45, 2.75) is 26.2 Å². The zero-order chi connectivity index (χ0) is 24.7. The third-order valence-electron chi connectivity index (χ3n) is 7.13. The number of aromatic nitrogens is 1. The van der Waals surface area contributed by atoms with Gasteiger partial charge in [-0.05, 0) is 68.8 Å². The Kier molecular flexibility index (Phi) is 5.57. The van der Waals surface area contributed by atoms with Gasteiger partial charge in [-0.15, -0.1) is 6.58 Å². The molecule has 1 heterocycles. The molecule has 0 atom stereocenters. The van der Waals surface area contributed by atoms with Crippen LogP contribution in [0, 0.1) is 0 Å². The predicted molar refractivity (Wildman–Crippen MR) is 153 cm³/mol. The summed E-state index contributed by atoms with van der Waals surface area (Å²) in [6.45, 7) is 18.1. The van der Waals surface area contributed by atoms with Gasteiger partial charge < -0.3 is 4.98 Å². The van der Waals surface area contributed by atoms with Gasteiger partial charge in [-0.2, -0.15) is 0 Å². The minimum Gasteiger partial charge on any atom is -0.355 e. The van der Waals surface area contributed by atoms with Crippen LogP contribution in [0.25, 0.3) is 57.4 Å². The molecule has 0 fully saturated rings. The van der Waals surface area contributed by atoms with Gasteiger partial charge in [0.1, 0.15) is 0 Å². The SMILES string of the molecule is C=CC.C=c1[nH]c2cc(-c3ccccc3-c3ccc4c(c3)C(C)(C)c3ccccc3-4)ccc2c1=C. The number of rotatable bonds is 2. The van der Waals surface area contributed by atoms with Crippen LogP contribution < -0.4 is 10.6 Å². The number of benzene rings is 4. The maximum atomic E-state index is 4.15. The Balaban J connectivity index is 0.000000806. The summed E-state index contributed by atoms with van der Waals surface area (Å²) < 4.78 is 0. The monoisotopic (exact) mass is 453 g/mol. The Bertz CT molecular complexity index is 1680. The number of hydrogen-bond acceptors (Lipinski definition) is 0. The van der Waals surface area contributed by atoms with Crippen LogP contribution in [0.1, 0.15) is 31.9 Å². The second-order valence-corrected chi connectivity index (χ2v) is 9.73. The fraction of sp³-hybridized carbons (Fsp3) is 0.118. The maximum Gasteiger partial charge on any atom is 0.0470 e. The van der Waals surface area contributed by atoms with E-state index in [0.29, 0.717) is 0 Å². The van der Waals surface area contributed by atoms with Crippen molar-refractivity contribution in [1.82, 2.24) is 4.98 Å². The first kappa shape index (κ1) is 22.7. The van der Waals surface area contributed by atoms with E-state index >= 15 is 0 Å². The van der Waals surface area contributed by atoms with Crippen molar-refractivity contribution in [2.75, 3.05) is 0 Å². The first-order valence-corrected chi connectivity index (χ1v) is 12.1. The van der Waals surface area contributed by atoms with Crippen LogP contribution in [-0.2, 0) is 5.41 Å². The summed E-state index contributed by atoms with van der Waals surface area (Å²) in [5.41, 5.74) is 11.5. The molecule has 0 bridgehead atoms. The molecule has 1 aliphatic rings. The van der Waals surface area contributed by atoms with E-state index in [9.17, 15) is 0 Å². The Morgan fingerprint density at radius 2 is 1.23 bits per heavy atom. The van der Waals surface area contributed by atoms with Crippen LogP contribution in [0.2, 0.25) is 0 Å². The van der Waals surface area contributed by atoms with Gasteiger partial charge in [0.2, 0.25) is 0 Å². The van der Waals surface area contributed by atoms with Crippen LogP contribution in [-0.4, -0.2) is 4.98 Å². The van der Waals surface area contributed by atoms with Crippen molar-refractivity contribution in [3.8, 4) is 33.4 Å². The summed E-state index contributed by atoms with van der Waals surface area (Å²) in [4.78, 5) is 3.38. The zero-order valence-electron chi connectivity index (χ0n) is 20.8. The maximum absolute atomic E-state index is 4.15. The molecule has 0 spiro atoms. The van der Waals surface area contributed by atoms with Gasteiger partial charge in [0.05, 0.1) is 0 Å². The van der Waals surface area contributed by atoms with Crippen LogP contribution >= 0.6 is 0 Å². The Morgan fingerprint density at radius 3 is 1.91 bits per heavy atom. The molecule has 5 aromatic rings. The summed E-state index contributed by atoms with van der Waals surface area (Å²) in [5.74, 6) is 0. The average Bonchev–Trinajstić information content (AvgIpc) is 3.28. The van der Waals surface area contributed by atoms with E-state index in [1.807, 2.05) is 6.92 Å². The van der Waals surface area contributed by atoms with E-state index in [4.69, 9.17) is 0 Å². The molecule has 0 saturated carbocycles. The summed E-state index contributed by atoms with van der Waals surface area (Å²) in [5, 5.41) is 2.99. The topological polar surface area (TPSA) is 15.8 Å². The number of fused-ring (bicyclic) bond motifs is 4. The van der Waals surface area contributed by atoms with E-state index in [-0.39, 0.29) is 5.41 Å². The zero-order valence-corrected chi connectivity index (χ0v) is 20.8. The summed E-state index contributed by atoms with van der Waals surface area (Å²) in [6.07, 6.45) is 1.75. The molecule has 1 N–H and O–H groups in total. The molecule has 35 heavy (non-hydrogen) atoms. The van der Waals surface area contributed by atoms with Gasteiger partial charge in [-0.1, -0.05) is 106 Å². The van der Waals surface area contributed by atoms with E-state index in [1.54, 1.807) is 6.08 Å². The molecule has 0 radical (unpaired) electrons. The first-order valence-electron chi connectivity index (χ1n) is 12.1. The smallest absolute Gasteiger partial charge is 0.0470 e. The normalized spacial score (nSPS) is 13.0. The molecular weight excluding hydrogens is 422 g/mol. The molecule has 1 aliphatic carbocycles. The van der Waals surface area contributed by atoms with E-state index in [1.165, 1.54) is 44.5 Å². The molecular formula is C34H31N. The van der Waals surface area contributed by atoms with Gasteiger partial charge in [-0.25, -0.2) is 0 Å². The van der Waals surface area contributed by atoms with E-state index in [2.05, 4.69) is 123 Å². The lowest BCUT2D eigenvalue weighted by Crippen LogP contribution is -2.18. The average molecular weight is 454 g/mol. The molecule has 1 heteroatoms. The fourth-order valence-corrected chi connectivity index (χ4v) is 5.34. The lowest BCUT2D eigenvalue weighted by molar-refractivity contribution is 0.660. The molecule has 1 nitrogen and oxygen atoms in total. The first-order chi connectivity index (χ1) is 16.9. The second-order valence-electron chi connectivity index (χ2n) is 9.73. The minimum atomic E-state index is -0.00487. The lowest BCUT2D eigenvalue weighted by Gasteiger charge is -2.22. The standard InChI is InChI=1S/C31H25N.C3H6/c1-19-20(2)32-30-18-22(13-15-23(19)30)25-10-6-5-9-24(25)21-14-16-27-26-11-7-8-12-28(26)31(3,4)29(27)17-21;1-3-2/h5-18,32H,1-2H2,3-4H3;3H,1H2,2H3. The third kappa shape index (κ3) is 3.65. The third-order valence-corrected chi connectivity index (χ3v) is 7.13. The van der Waals surface area contributed by atoms with Gasteiger partial charge >= 0.3 is 0 Å². The summed E-state index contributed by atoms with van der Waals surface area (Å²) in [6, 6.07) is 31.0. The van der Waals surface area contributed by atoms with Crippen LogP contribution in [0.4, 0.5) is 0 Å². The van der Waals surface area contributed by atoms with Gasteiger partial charge in [0.25, 0.3) is 0 Å². The molecule has 0 amide bonds. The number of allylic oxidation sites excluding steroid dienone is 1. The predicted octanol–water partition coefficient (Wildman–Crippen LogP) is 7.82. The number of aromatic amines is 1. The number of H-pyrrole nitrogens is 1. The van der Waals surface area contributed by atoms with Crippen molar-refractivity contribution in [3.05, 3.63) is 119 Å². The molecule has 0 aliphatic heterocycles. The molecule has 0 saturated heterocycles. The van der Waals surface area contributed by atoms with Gasteiger partial charge in [-0.3, -0.25) is 0 Å². The lowest BCUT2D eigenvalue weighted by atomic mass is 9.81. The molecule has 172 valence electrons. The van der Waals surface area contributed by atoms with Crippen molar-refractivity contribution in [3.63, 3.8) is 0 Å². The van der Waals surface area contributed by atoms with E-state index < -0.39 is 0 Å². The van der Waals surface area contributed by atoms with Crippen molar-refractivity contribution >= 4 is 24.1 Å². The summed E-state index contributed by atoms with van der Waals surface area (Å²) >= 11 is 0. The highest BCUT2D eigenvalue weighted by Crippen LogP contribution is 2.49.